The van der Waals surface area contributed by atoms with Gasteiger partial charge < -0.3 is 10.2 Å². The second-order valence-corrected chi connectivity index (χ2v) is 12.6. The largest absolute Gasteiger partial charge is 0.350 e. The molecule has 0 aromatic heterocycles. The van der Waals surface area contributed by atoms with Gasteiger partial charge in [0.2, 0.25) is 5.91 Å². The highest BCUT2D eigenvalue weighted by molar-refractivity contribution is 8.02. The number of unbranched alkanes of at least 4 members (excludes halogenated alkanes) is 12. The van der Waals surface area contributed by atoms with E-state index in [0.717, 1.165) is 12.8 Å². The molecule has 2 N–H and O–H groups in total. The van der Waals surface area contributed by atoms with Crippen LogP contribution in [-0.4, -0.2) is 42.5 Å². The number of carbonyl (C=O) groups excluding carboxylic acids is 1. The van der Waals surface area contributed by atoms with Crippen molar-refractivity contribution in [2.24, 2.45) is 0 Å². The molecule has 1 amide bonds. The average molecular weight is 550 g/mol. The molecule has 0 aliphatic heterocycles. The Morgan fingerprint density at radius 1 is 0.944 bits per heavy atom. The van der Waals surface area contributed by atoms with Crippen molar-refractivity contribution < 1.29 is 27.5 Å². The topological polar surface area (TPSA) is 102 Å². The molecule has 0 atom stereocenters. The highest BCUT2D eigenvalue weighted by Gasteiger charge is 2.26. The number of nitrogens with one attached hydrogen (secondary N) is 1. The molecule has 0 saturated carbocycles. The van der Waals surface area contributed by atoms with Crippen molar-refractivity contribution in [3.8, 4) is 0 Å². The zero-order valence-corrected chi connectivity index (χ0v) is 24.5. The number of amides is 1. The number of hydrogen-bond acceptors (Lipinski definition) is 6. The molecule has 212 valence electrons. The van der Waals surface area contributed by atoms with Gasteiger partial charge in [-0.15, -0.1) is 0 Å². The Hall–Kier alpha value is -1.03. The van der Waals surface area contributed by atoms with Crippen LogP contribution in [0, 0.1) is 0 Å². The maximum Gasteiger partial charge on any atom is 0.267 e. The lowest BCUT2D eigenvalue weighted by molar-refractivity contribution is -0.253. The van der Waals surface area contributed by atoms with E-state index in [1.165, 1.54) is 103 Å². The number of allylic oxidation sites excluding steroid dienone is 2. The molecule has 0 radical (unpaired) electrons. The minimum atomic E-state index is -4.17. The number of rotatable bonds is 25. The molecule has 0 unspecified atom stereocenters. The van der Waals surface area contributed by atoms with Crippen LogP contribution < -0.4 is 5.32 Å². The predicted molar refractivity (Wildman–Crippen MR) is 151 cm³/mol. The molecule has 7 nitrogen and oxygen atoms in total. The van der Waals surface area contributed by atoms with Crippen molar-refractivity contribution in [2.75, 3.05) is 18.1 Å². The van der Waals surface area contributed by atoms with E-state index in [-0.39, 0.29) is 12.3 Å². The first-order valence-electron chi connectivity index (χ1n) is 13.6. The molecule has 0 fully saturated rings. The van der Waals surface area contributed by atoms with Crippen LogP contribution in [-0.2, 0) is 24.7 Å². The second kappa shape index (κ2) is 22.0. The molecule has 36 heavy (non-hydrogen) atoms. The van der Waals surface area contributed by atoms with E-state index < -0.39 is 21.4 Å². The molecule has 0 aromatic rings. The molecule has 0 saturated heterocycles. The van der Waals surface area contributed by atoms with Gasteiger partial charge in [0, 0.05) is 12.2 Å². The van der Waals surface area contributed by atoms with Crippen molar-refractivity contribution in [3.05, 3.63) is 23.8 Å². The summed E-state index contributed by atoms with van der Waals surface area (Å²) >= 11 is 1.26. The van der Waals surface area contributed by atoms with Gasteiger partial charge in [0.25, 0.3) is 10.1 Å². The van der Waals surface area contributed by atoms with Crippen LogP contribution in [0.4, 0.5) is 0 Å². The molecule has 0 aromatic carbocycles. The van der Waals surface area contributed by atoms with E-state index >= 15 is 0 Å². The Morgan fingerprint density at radius 2 is 1.47 bits per heavy atom. The highest BCUT2D eigenvalue weighted by atomic mass is 32.2. The summed E-state index contributed by atoms with van der Waals surface area (Å²) in [5.41, 5.74) is -1.05. The summed E-state index contributed by atoms with van der Waals surface area (Å²) in [6.07, 6.45) is 22.5. The van der Waals surface area contributed by atoms with Gasteiger partial charge in [-0.05, 0) is 52.5 Å². The van der Waals surface area contributed by atoms with Crippen LogP contribution in [0.3, 0.4) is 0 Å². The second-order valence-electron chi connectivity index (χ2n) is 9.97. The quantitative estimate of drug-likeness (QED) is 0.0306. The van der Waals surface area contributed by atoms with Crippen molar-refractivity contribution in [1.29, 1.82) is 0 Å². The average Bonchev–Trinajstić information content (AvgIpc) is 2.76. The third-order valence-electron chi connectivity index (χ3n) is 5.50. The van der Waals surface area contributed by atoms with Crippen LogP contribution in [0.15, 0.2) is 23.8 Å². The molecule has 0 rings (SSSR count). The summed E-state index contributed by atoms with van der Waals surface area (Å²) in [6.45, 7) is 9.60. The highest BCUT2D eigenvalue weighted by Crippen LogP contribution is 2.17. The maximum absolute atomic E-state index is 12.0. The Labute approximate surface area is 224 Å². The van der Waals surface area contributed by atoms with E-state index in [2.05, 4.69) is 31.0 Å². The smallest absolute Gasteiger partial charge is 0.267 e. The van der Waals surface area contributed by atoms with Gasteiger partial charge >= 0.3 is 0 Å². The third-order valence-corrected chi connectivity index (χ3v) is 7.39. The molecule has 9 heteroatoms. The Kier molecular flexibility index (Phi) is 21.4. The van der Waals surface area contributed by atoms with Gasteiger partial charge in [-0.1, -0.05) is 88.6 Å². The molecular weight excluding hydrogens is 498 g/mol. The van der Waals surface area contributed by atoms with Crippen LogP contribution in [0.25, 0.3) is 0 Å². The fourth-order valence-electron chi connectivity index (χ4n) is 3.73. The van der Waals surface area contributed by atoms with Crippen LogP contribution >= 0.6 is 11.8 Å². The van der Waals surface area contributed by atoms with E-state index in [1.54, 1.807) is 0 Å². The number of thioether (sulfide) groups is 1. The summed E-state index contributed by atoms with van der Waals surface area (Å²) < 4.78 is 30.9. The number of hydrogen-bond donors (Lipinski definition) is 2. The SMILES string of the molecule is C=C(OOCCCCCCCC/C=C\CCCCCCCC)SCCC(=O)NC(C)(C)CS(=O)(=O)O. The van der Waals surface area contributed by atoms with Crippen molar-refractivity contribution >= 4 is 27.8 Å². The van der Waals surface area contributed by atoms with Crippen molar-refractivity contribution in [3.63, 3.8) is 0 Å². The minimum absolute atomic E-state index is 0.164. The summed E-state index contributed by atoms with van der Waals surface area (Å²) in [6, 6.07) is 0. The summed E-state index contributed by atoms with van der Waals surface area (Å²) in [7, 11) is -4.17. The zero-order valence-electron chi connectivity index (χ0n) is 22.9. The first kappa shape index (κ1) is 35.0. The summed E-state index contributed by atoms with van der Waals surface area (Å²) in [5, 5.41) is 2.97. The maximum atomic E-state index is 12.0. The van der Waals surface area contributed by atoms with E-state index in [1.807, 2.05) is 0 Å². The Balaban J connectivity index is 3.49. The number of carbonyl (C=O) groups is 1. The van der Waals surface area contributed by atoms with Gasteiger partial charge in [0.05, 0.1) is 17.9 Å². The van der Waals surface area contributed by atoms with E-state index in [4.69, 9.17) is 14.3 Å². The zero-order chi connectivity index (χ0) is 27.1. The van der Waals surface area contributed by atoms with Crippen LogP contribution in [0.2, 0.25) is 0 Å². The molecule has 0 spiro atoms. The Morgan fingerprint density at radius 3 is 2.03 bits per heavy atom. The molecule has 0 bridgehead atoms. The first-order valence-corrected chi connectivity index (χ1v) is 16.2. The fraction of sp³-hybridized carbons (Fsp3) is 0.815. The molecule has 0 heterocycles. The van der Waals surface area contributed by atoms with Crippen molar-refractivity contribution in [1.82, 2.24) is 5.32 Å². The van der Waals surface area contributed by atoms with Crippen LogP contribution in [0.5, 0.6) is 0 Å². The minimum Gasteiger partial charge on any atom is -0.350 e. The van der Waals surface area contributed by atoms with Gasteiger partial charge in [0.15, 0.2) is 5.09 Å². The summed E-state index contributed by atoms with van der Waals surface area (Å²) in [5.74, 6) is -0.433. The van der Waals surface area contributed by atoms with Crippen LogP contribution in [0.1, 0.15) is 117 Å². The lowest BCUT2D eigenvalue weighted by atomic mass is 10.1. The molecule has 0 aliphatic carbocycles. The molecule has 0 aliphatic rings. The fourth-order valence-corrected chi connectivity index (χ4v) is 5.33. The lowest BCUT2D eigenvalue weighted by Crippen LogP contribution is -2.48. The van der Waals surface area contributed by atoms with E-state index in [9.17, 15) is 13.2 Å². The standard InChI is InChI=1S/C27H51NO6S2/c1-5-6-7-8-9-10-11-12-13-14-15-16-17-18-19-20-22-33-34-25(2)35-23-21-26(29)28-27(3,4)24-36(30,31)32/h12-13H,2,5-11,14-24H2,1,3-4H3,(H,28,29)(H,30,31,32)/b13-12-. The Bertz CT molecular complexity index is 707. The van der Waals surface area contributed by atoms with Gasteiger partial charge in [0.1, 0.15) is 0 Å². The monoisotopic (exact) mass is 549 g/mol. The van der Waals surface area contributed by atoms with Gasteiger partial charge in [-0.2, -0.15) is 13.3 Å². The summed E-state index contributed by atoms with van der Waals surface area (Å²) in [4.78, 5) is 22.3. The van der Waals surface area contributed by atoms with Crippen molar-refractivity contribution in [2.45, 2.75) is 123 Å². The first-order chi connectivity index (χ1) is 17.1. The third kappa shape index (κ3) is 26.0. The normalized spacial score (nSPS) is 12.2. The van der Waals surface area contributed by atoms with Gasteiger partial charge in [-0.25, -0.2) is 0 Å². The van der Waals surface area contributed by atoms with Gasteiger partial charge in [-0.3, -0.25) is 9.35 Å². The molecular formula is C27H51NO6S2. The van der Waals surface area contributed by atoms with E-state index in [0.29, 0.717) is 17.5 Å². The predicted octanol–water partition coefficient (Wildman–Crippen LogP) is 7.35. The lowest BCUT2D eigenvalue weighted by Gasteiger charge is -2.24.